The zero-order valence-corrected chi connectivity index (χ0v) is 5.42. The number of hydrogen-bond donors (Lipinski definition) is 2. The van der Waals surface area contributed by atoms with Crippen molar-refractivity contribution in [3.63, 3.8) is 0 Å². The summed E-state index contributed by atoms with van der Waals surface area (Å²) in [7, 11) is 0. The van der Waals surface area contributed by atoms with E-state index in [1.165, 1.54) is 6.08 Å². The van der Waals surface area contributed by atoms with Gasteiger partial charge in [-0.15, -0.1) is 0 Å². The van der Waals surface area contributed by atoms with Crippen LogP contribution < -0.4 is 11.3 Å². The van der Waals surface area contributed by atoms with Crippen LogP contribution in [-0.2, 0) is 0 Å². The van der Waals surface area contributed by atoms with Crippen LogP contribution in [-0.4, -0.2) is 4.98 Å². The largest absolute Gasteiger partial charge is 0.385 e. The number of nitrogens with one attached hydrogen (secondary N) is 1. The summed E-state index contributed by atoms with van der Waals surface area (Å²) in [6, 6.07) is 3.25. The standard InChI is InChI=1S/C7H8N2O/c1-2-5-3-4-6(8)9-7(5)10/h2-4H,1H2,(H3,8,9,10). The van der Waals surface area contributed by atoms with Gasteiger partial charge in [0.25, 0.3) is 5.56 Å². The van der Waals surface area contributed by atoms with Gasteiger partial charge in [-0.1, -0.05) is 12.7 Å². The minimum Gasteiger partial charge on any atom is -0.385 e. The van der Waals surface area contributed by atoms with Gasteiger partial charge in [0.05, 0.1) is 0 Å². The smallest absolute Gasteiger partial charge is 0.256 e. The Hall–Kier alpha value is -1.51. The maximum Gasteiger partial charge on any atom is 0.256 e. The Morgan fingerprint density at radius 2 is 2.30 bits per heavy atom. The Kier molecular flexibility index (Phi) is 1.58. The quantitative estimate of drug-likeness (QED) is 0.594. The van der Waals surface area contributed by atoms with E-state index in [1.54, 1.807) is 12.1 Å². The summed E-state index contributed by atoms with van der Waals surface area (Å²) in [5.74, 6) is 0.371. The van der Waals surface area contributed by atoms with Gasteiger partial charge >= 0.3 is 0 Å². The Morgan fingerprint density at radius 3 is 2.80 bits per heavy atom. The molecule has 0 radical (unpaired) electrons. The molecule has 1 rings (SSSR count). The Balaban J connectivity index is 3.33. The SMILES string of the molecule is C=Cc1ccc(N)[nH]c1=O. The van der Waals surface area contributed by atoms with Gasteiger partial charge in [0.1, 0.15) is 5.82 Å². The van der Waals surface area contributed by atoms with Gasteiger partial charge in [-0.05, 0) is 12.1 Å². The molecule has 0 saturated heterocycles. The van der Waals surface area contributed by atoms with Crippen LogP contribution >= 0.6 is 0 Å². The average Bonchev–Trinajstić information content (AvgIpc) is 1.88. The molecule has 0 aromatic carbocycles. The summed E-state index contributed by atoms with van der Waals surface area (Å²) in [5, 5.41) is 0. The van der Waals surface area contributed by atoms with Crippen LogP contribution in [0.2, 0.25) is 0 Å². The van der Waals surface area contributed by atoms with Crippen LogP contribution in [0.5, 0.6) is 0 Å². The van der Waals surface area contributed by atoms with Gasteiger partial charge in [0, 0.05) is 5.56 Å². The van der Waals surface area contributed by atoms with Crippen molar-refractivity contribution in [3.05, 3.63) is 34.6 Å². The summed E-state index contributed by atoms with van der Waals surface area (Å²) >= 11 is 0. The van der Waals surface area contributed by atoms with Gasteiger partial charge in [-0.3, -0.25) is 4.79 Å². The molecule has 0 saturated carbocycles. The zero-order chi connectivity index (χ0) is 7.56. The Labute approximate surface area is 58.2 Å². The van der Waals surface area contributed by atoms with E-state index in [-0.39, 0.29) is 5.56 Å². The van der Waals surface area contributed by atoms with Crippen LogP contribution in [0.25, 0.3) is 6.08 Å². The highest BCUT2D eigenvalue weighted by molar-refractivity contribution is 5.47. The van der Waals surface area contributed by atoms with Gasteiger partial charge in [0.15, 0.2) is 0 Å². The van der Waals surface area contributed by atoms with E-state index in [1.807, 2.05) is 0 Å². The maximum absolute atomic E-state index is 10.9. The van der Waals surface area contributed by atoms with Crippen LogP contribution in [0.1, 0.15) is 5.56 Å². The normalized spacial score (nSPS) is 9.20. The molecule has 52 valence electrons. The molecule has 1 aromatic rings. The molecule has 10 heavy (non-hydrogen) atoms. The molecule has 0 aliphatic carbocycles. The third-order valence-corrected chi connectivity index (χ3v) is 1.18. The van der Waals surface area contributed by atoms with Crippen LogP contribution in [0.15, 0.2) is 23.5 Å². The van der Waals surface area contributed by atoms with Crippen molar-refractivity contribution < 1.29 is 0 Å². The van der Waals surface area contributed by atoms with Gasteiger partial charge in [-0.2, -0.15) is 0 Å². The fourth-order valence-electron chi connectivity index (χ4n) is 0.661. The molecule has 3 heteroatoms. The molecule has 0 bridgehead atoms. The molecule has 0 unspecified atom stereocenters. The average molecular weight is 136 g/mol. The first-order valence-corrected chi connectivity index (χ1v) is 2.85. The maximum atomic E-state index is 10.9. The fraction of sp³-hybridized carbons (Fsp3) is 0. The number of anilines is 1. The lowest BCUT2D eigenvalue weighted by Gasteiger charge is -1.92. The van der Waals surface area contributed by atoms with E-state index in [0.29, 0.717) is 11.4 Å². The molecule has 0 amide bonds. The number of hydrogen-bond acceptors (Lipinski definition) is 2. The van der Waals surface area contributed by atoms with E-state index < -0.39 is 0 Å². The lowest BCUT2D eigenvalue weighted by molar-refractivity contribution is 1.24. The van der Waals surface area contributed by atoms with E-state index in [4.69, 9.17) is 5.73 Å². The van der Waals surface area contributed by atoms with Crippen molar-refractivity contribution in [2.75, 3.05) is 5.73 Å². The lowest BCUT2D eigenvalue weighted by atomic mass is 10.3. The van der Waals surface area contributed by atoms with Crippen molar-refractivity contribution in [2.24, 2.45) is 0 Å². The van der Waals surface area contributed by atoms with E-state index in [2.05, 4.69) is 11.6 Å². The van der Waals surface area contributed by atoms with E-state index >= 15 is 0 Å². The molecule has 0 atom stereocenters. The van der Waals surface area contributed by atoms with E-state index in [9.17, 15) is 4.79 Å². The van der Waals surface area contributed by atoms with Crippen molar-refractivity contribution >= 4 is 11.9 Å². The molecule has 0 spiro atoms. The van der Waals surface area contributed by atoms with Gasteiger partial charge in [0.2, 0.25) is 0 Å². The molecule has 0 fully saturated rings. The molecule has 1 heterocycles. The Morgan fingerprint density at radius 1 is 1.60 bits per heavy atom. The number of H-pyrrole nitrogens is 1. The summed E-state index contributed by atoms with van der Waals surface area (Å²) in [6.45, 7) is 3.46. The summed E-state index contributed by atoms with van der Waals surface area (Å²) in [6.07, 6.45) is 1.48. The fourth-order valence-corrected chi connectivity index (χ4v) is 0.661. The first-order chi connectivity index (χ1) is 4.74. The molecule has 0 aliphatic rings. The van der Waals surface area contributed by atoms with E-state index in [0.717, 1.165) is 0 Å². The molecule has 3 nitrogen and oxygen atoms in total. The molecule has 0 aliphatic heterocycles. The molecular formula is C7H8N2O. The predicted molar refractivity (Wildman–Crippen MR) is 41.6 cm³/mol. The van der Waals surface area contributed by atoms with Crippen LogP contribution in [0, 0.1) is 0 Å². The second-order valence-electron chi connectivity index (χ2n) is 1.90. The summed E-state index contributed by atoms with van der Waals surface area (Å²) in [5.41, 5.74) is 5.63. The summed E-state index contributed by atoms with van der Waals surface area (Å²) in [4.78, 5) is 13.3. The van der Waals surface area contributed by atoms with Crippen molar-refractivity contribution in [1.29, 1.82) is 0 Å². The third kappa shape index (κ3) is 1.07. The minimum atomic E-state index is -0.199. The second kappa shape index (κ2) is 2.39. The third-order valence-electron chi connectivity index (χ3n) is 1.18. The molecule has 3 N–H and O–H groups in total. The monoisotopic (exact) mass is 136 g/mol. The number of nitrogen functional groups attached to an aromatic ring is 1. The highest BCUT2D eigenvalue weighted by Crippen LogP contribution is 1.95. The molecular weight excluding hydrogens is 128 g/mol. The lowest BCUT2D eigenvalue weighted by Crippen LogP contribution is -2.10. The van der Waals surface area contributed by atoms with Crippen molar-refractivity contribution in [2.45, 2.75) is 0 Å². The topological polar surface area (TPSA) is 58.9 Å². The summed E-state index contributed by atoms with van der Waals surface area (Å²) < 4.78 is 0. The van der Waals surface area contributed by atoms with Crippen molar-refractivity contribution in [3.8, 4) is 0 Å². The van der Waals surface area contributed by atoms with Gasteiger partial charge < -0.3 is 10.7 Å². The number of aromatic nitrogens is 1. The van der Waals surface area contributed by atoms with Crippen molar-refractivity contribution in [1.82, 2.24) is 4.98 Å². The highest BCUT2D eigenvalue weighted by atomic mass is 16.1. The minimum absolute atomic E-state index is 0.199. The Bertz CT molecular complexity index is 301. The number of nitrogens with two attached hydrogens (primary N) is 1. The first kappa shape index (κ1) is 6.61. The number of pyridine rings is 1. The highest BCUT2D eigenvalue weighted by Gasteiger charge is 1.91. The van der Waals surface area contributed by atoms with Crippen LogP contribution in [0.4, 0.5) is 5.82 Å². The number of aromatic amines is 1. The second-order valence-corrected chi connectivity index (χ2v) is 1.90. The first-order valence-electron chi connectivity index (χ1n) is 2.85. The van der Waals surface area contributed by atoms with Gasteiger partial charge in [-0.25, -0.2) is 0 Å². The van der Waals surface area contributed by atoms with Crippen LogP contribution in [0.3, 0.4) is 0 Å². The predicted octanol–water partition coefficient (Wildman–Crippen LogP) is 0.600. The number of rotatable bonds is 1. The molecule has 1 aromatic heterocycles. The zero-order valence-electron chi connectivity index (χ0n) is 5.42.